The van der Waals surface area contributed by atoms with Crippen LogP contribution in [0, 0.1) is 11.3 Å². The topological polar surface area (TPSA) is 50.4 Å². The number of nitrogens with one attached hydrogen (secondary N) is 2. The summed E-state index contributed by atoms with van der Waals surface area (Å²) in [6, 6.07) is 0. The second-order valence-corrected chi connectivity index (χ2v) is 6.30. The van der Waals surface area contributed by atoms with Gasteiger partial charge in [0.25, 0.3) is 0 Å². The largest absolute Gasteiger partial charge is 0.378 e. The zero-order valence-corrected chi connectivity index (χ0v) is 12.6. The predicted molar refractivity (Wildman–Crippen MR) is 75.6 cm³/mol. The SMILES string of the molecule is CC(C)CNCCOCCNC(=O)CC(C)(C)C. The number of hydrogen-bond acceptors (Lipinski definition) is 3. The van der Waals surface area contributed by atoms with E-state index < -0.39 is 0 Å². The fourth-order valence-electron chi connectivity index (χ4n) is 1.44. The minimum Gasteiger partial charge on any atom is -0.378 e. The highest BCUT2D eigenvalue weighted by Gasteiger charge is 2.15. The van der Waals surface area contributed by atoms with Gasteiger partial charge in [-0.05, 0) is 17.9 Å². The zero-order chi connectivity index (χ0) is 14.0. The van der Waals surface area contributed by atoms with Crippen molar-refractivity contribution in [3.63, 3.8) is 0 Å². The molecule has 0 aliphatic carbocycles. The van der Waals surface area contributed by atoms with Gasteiger partial charge in [0.2, 0.25) is 5.91 Å². The maximum absolute atomic E-state index is 11.5. The average Bonchev–Trinajstić information content (AvgIpc) is 2.18. The third-order valence-electron chi connectivity index (χ3n) is 2.24. The highest BCUT2D eigenvalue weighted by Crippen LogP contribution is 2.17. The van der Waals surface area contributed by atoms with Gasteiger partial charge in [0.1, 0.15) is 0 Å². The maximum Gasteiger partial charge on any atom is 0.220 e. The molecule has 0 aromatic rings. The molecule has 0 bridgehead atoms. The minimum absolute atomic E-state index is 0.0473. The normalized spacial score (nSPS) is 11.9. The van der Waals surface area contributed by atoms with E-state index in [2.05, 4.69) is 45.3 Å². The lowest BCUT2D eigenvalue weighted by molar-refractivity contribution is -0.123. The molecule has 1 amide bonds. The Hall–Kier alpha value is -0.610. The first-order chi connectivity index (χ1) is 8.31. The molecule has 0 saturated heterocycles. The molecular weight excluding hydrogens is 228 g/mol. The molecule has 0 spiro atoms. The molecule has 4 heteroatoms. The fraction of sp³-hybridized carbons (Fsp3) is 0.929. The van der Waals surface area contributed by atoms with Crippen LogP contribution in [-0.4, -0.2) is 38.8 Å². The molecule has 0 fully saturated rings. The van der Waals surface area contributed by atoms with Gasteiger partial charge in [-0.2, -0.15) is 0 Å². The number of hydrogen-bond donors (Lipinski definition) is 2. The van der Waals surface area contributed by atoms with Crippen LogP contribution in [0.3, 0.4) is 0 Å². The standard InChI is InChI=1S/C14H30N2O2/c1-12(2)11-15-6-8-18-9-7-16-13(17)10-14(3,4)5/h12,15H,6-11H2,1-5H3,(H,16,17). The Morgan fingerprint density at radius 1 is 1.17 bits per heavy atom. The van der Waals surface area contributed by atoms with Crippen LogP contribution in [0.5, 0.6) is 0 Å². The summed E-state index contributed by atoms with van der Waals surface area (Å²) in [7, 11) is 0. The van der Waals surface area contributed by atoms with Gasteiger partial charge in [-0.3, -0.25) is 4.79 Å². The molecule has 0 aromatic heterocycles. The van der Waals surface area contributed by atoms with Crippen molar-refractivity contribution in [2.45, 2.75) is 41.0 Å². The van der Waals surface area contributed by atoms with Gasteiger partial charge in [-0.1, -0.05) is 34.6 Å². The summed E-state index contributed by atoms with van der Waals surface area (Å²) < 4.78 is 5.42. The molecule has 0 aliphatic rings. The number of rotatable bonds is 9. The molecule has 2 N–H and O–H groups in total. The molecule has 0 aromatic carbocycles. The number of carbonyl (C=O) groups excluding carboxylic acids is 1. The van der Waals surface area contributed by atoms with E-state index in [4.69, 9.17) is 4.74 Å². The van der Waals surface area contributed by atoms with Crippen LogP contribution in [0.1, 0.15) is 41.0 Å². The Bertz CT molecular complexity index is 222. The molecule has 0 unspecified atom stereocenters. The Balaban J connectivity index is 3.28. The molecule has 0 rings (SSSR count). The third kappa shape index (κ3) is 13.5. The molecule has 0 saturated carbocycles. The monoisotopic (exact) mass is 258 g/mol. The summed E-state index contributed by atoms with van der Waals surface area (Å²) in [5.74, 6) is 0.769. The molecular formula is C14H30N2O2. The smallest absolute Gasteiger partial charge is 0.220 e. The lowest BCUT2D eigenvalue weighted by Crippen LogP contribution is -2.31. The van der Waals surface area contributed by atoms with Crippen LogP contribution < -0.4 is 10.6 Å². The van der Waals surface area contributed by atoms with Crippen molar-refractivity contribution in [3.8, 4) is 0 Å². The molecule has 0 heterocycles. The van der Waals surface area contributed by atoms with Crippen LogP contribution in [0.4, 0.5) is 0 Å². The van der Waals surface area contributed by atoms with E-state index in [0.717, 1.165) is 13.1 Å². The van der Waals surface area contributed by atoms with Crippen LogP contribution in [-0.2, 0) is 9.53 Å². The van der Waals surface area contributed by atoms with Gasteiger partial charge in [0, 0.05) is 19.5 Å². The van der Waals surface area contributed by atoms with E-state index in [9.17, 15) is 4.79 Å². The van der Waals surface area contributed by atoms with Crippen molar-refractivity contribution in [3.05, 3.63) is 0 Å². The van der Waals surface area contributed by atoms with Crippen molar-refractivity contribution in [2.24, 2.45) is 11.3 Å². The summed E-state index contributed by atoms with van der Waals surface area (Å²) >= 11 is 0. The maximum atomic E-state index is 11.5. The lowest BCUT2D eigenvalue weighted by atomic mass is 9.92. The van der Waals surface area contributed by atoms with Gasteiger partial charge < -0.3 is 15.4 Å². The van der Waals surface area contributed by atoms with Crippen molar-refractivity contribution < 1.29 is 9.53 Å². The van der Waals surface area contributed by atoms with Gasteiger partial charge in [-0.25, -0.2) is 0 Å². The van der Waals surface area contributed by atoms with Gasteiger partial charge in [0.15, 0.2) is 0 Å². The van der Waals surface area contributed by atoms with E-state index in [1.54, 1.807) is 0 Å². The van der Waals surface area contributed by atoms with E-state index in [1.807, 2.05) is 0 Å². The Morgan fingerprint density at radius 3 is 2.33 bits per heavy atom. The zero-order valence-electron chi connectivity index (χ0n) is 12.6. The summed E-state index contributed by atoms with van der Waals surface area (Å²) in [5, 5.41) is 6.17. The Morgan fingerprint density at radius 2 is 1.78 bits per heavy atom. The van der Waals surface area contributed by atoms with Crippen molar-refractivity contribution >= 4 is 5.91 Å². The van der Waals surface area contributed by atoms with Crippen LogP contribution >= 0.6 is 0 Å². The highest BCUT2D eigenvalue weighted by molar-refractivity contribution is 5.76. The van der Waals surface area contributed by atoms with Gasteiger partial charge in [-0.15, -0.1) is 0 Å². The van der Waals surface area contributed by atoms with E-state index >= 15 is 0 Å². The lowest BCUT2D eigenvalue weighted by Gasteiger charge is -2.17. The first-order valence-corrected chi connectivity index (χ1v) is 6.86. The predicted octanol–water partition coefficient (Wildman–Crippen LogP) is 1.80. The van der Waals surface area contributed by atoms with Crippen molar-refractivity contribution in [1.82, 2.24) is 10.6 Å². The van der Waals surface area contributed by atoms with Crippen LogP contribution in [0.2, 0.25) is 0 Å². The molecule has 0 aliphatic heterocycles. The van der Waals surface area contributed by atoms with Crippen molar-refractivity contribution in [2.75, 3.05) is 32.8 Å². The minimum atomic E-state index is 0.0473. The first kappa shape index (κ1) is 17.4. The quantitative estimate of drug-likeness (QED) is 0.620. The number of ether oxygens (including phenoxy) is 1. The average molecular weight is 258 g/mol. The summed E-state index contributed by atoms with van der Waals surface area (Å²) in [6.07, 6.45) is 0.558. The summed E-state index contributed by atoms with van der Waals surface area (Å²) in [6.45, 7) is 14.3. The summed E-state index contributed by atoms with van der Waals surface area (Å²) in [5.41, 5.74) is 0.0473. The molecule has 108 valence electrons. The second-order valence-electron chi connectivity index (χ2n) is 6.30. The highest BCUT2D eigenvalue weighted by atomic mass is 16.5. The molecule has 18 heavy (non-hydrogen) atoms. The van der Waals surface area contributed by atoms with E-state index in [-0.39, 0.29) is 11.3 Å². The molecule has 0 radical (unpaired) electrons. The van der Waals surface area contributed by atoms with Gasteiger partial charge >= 0.3 is 0 Å². The third-order valence-corrected chi connectivity index (χ3v) is 2.24. The first-order valence-electron chi connectivity index (χ1n) is 6.86. The van der Waals surface area contributed by atoms with E-state index in [0.29, 0.717) is 32.1 Å². The van der Waals surface area contributed by atoms with E-state index in [1.165, 1.54) is 0 Å². The second kappa shape index (κ2) is 9.34. The van der Waals surface area contributed by atoms with Gasteiger partial charge in [0.05, 0.1) is 13.2 Å². The molecule has 0 atom stereocenters. The molecule has 4 nitrogen and oxygen atoms in total. The number of carbonyl (C=O) groups is 1. The van der Waals surface area contributed by atoms with Crippen LogP contribution in [0.25, 0.3) is 0 Å². The van der Waals surface area contributed by atoms with Crippen molar-refractivity contribution in [1.29, 1.82) is 0 Å². The fourth-order valence-corrected chi connectivity index (χ4v) is 1.44. The summed E-state index contributed by atoms with van der Waals surface area (Å²) in [4.78, 5) is 11.5. The van der Waals surface area contributed by atoms with Crippen LogP contribution in [0.15, 0.2) is 0 Å². The Labute approximate surface area is 112 Å². The Kier molecular flexibility index (Phi) is 9.02. The number of amides is 1.